The van der Waals surface area contributed by atoms with Gasteiger partial charge in [-0.25, -0.2) is 4.79 Å². The maximum atomic E-state index is 12.0. The van der Waals surface area contributed by atoms with E-state index < -0.39 is 0 Å². The number of nitrogens with zero attached hydrogens (tertiary/aromatic N) is 2. The maximum absolute atomic E-state index is 12.0. The molecule has 2 fully saturated rings. The molecule has 0 atom stereocenters. The molecule has 5 heteroatoms. The molecule has 0 radical (unpaired) electrons. The number of hydrogen-bond acceptors (Lipinski definition) is 4. The van der Waals surface area contributed by atoms with Gasteiger partial charge < -0.3 is 14.6 Å². The van der Waals surface area contributed by atoms with E-state index in [2.05, 4.69) is 10.2 Å². The van der Waals surface area contributed by atoms with Crippen molar-refractivity contribution < 1.29 is 4.42 Å². The third-order valence-electron chi connectivity index (χ3n) is 5.84. The van der Waals surface area contributed by atoms with Crippen molar-refractivity contribution in [2.45, 2.75) is 63.6 Å². The van der Waals surface area contributed by atoms with Gasteiger partial charge in [0.15, 0.2) is 5.58 Å². The summed E-state index contributed by atoms with van der Waals surface area (Å²) in [7, 11) is 0. The average Bonchev–Trinajstić information content (AvgIpc) is 3.24. The van der Waals surface area contributed by atoms with E-state index in [9.17, 15) is 4.79 Å². The number of aryl methyl sites for hydroxylation is 1. The van der Waals surface area contributed by atoms with Crippen LogP contribution in [0.3, 0.4) is 0 Å². The lowest BCUT2D eigenvalue weighted by Gasteiger charge is -2.34. The molecule has 2 aliphatic rings. The molecule has 5 nitrogen and oxygen atoms in total. The number of hydrogen-bond donors (Lipinski definition) is 1. The summed E-state index contributed by atoms with van der Waals surface area (Å²) in [5, 5.41) is 3.86. The van der Waals surface area contributed by atoms with E-state index >= 15 is 0 Å². The SMILES string of the molecule is O=c1oc2ccccc2n1CCCN1CCC(NC2CCCC2)CC1. The maximum Gasteiger partial charge on any atom is 0.419 e. The Morgan fingerprint density at radius 2 is 1.72 bits per heavy atom. The van der Waals surface area contributed by atoms with Crippen molar-refractivity contribution in [2.24, 2.45) is 0 Å². The van der Waals surface area contributed by atoms with Crippen molar-refractivity contribution in [3.63, 3.8) is 0 Å². The fourth-order valence-electron chi connectivity index (χ4n) is 4.43. The van der Waals surface area contributed by atoms with Crippen molar-refractivity contribution in [3.05, 3.63) is 34.8 Å². The Kier molecular flexibility index (Phi) is 5.22. The Labute approximate surface area is 149 Å². The summed E-state index contributed by atoms with van der Waals surface area (Å²) < 4.78 is 7.07. The van der Waals surface area contributed by atoms with Crippen LogP contribution in [0.1, 0.15) is 44.9 Å². The molecular weight excluding hydrogens is 314 g/mol. The summed E-state index contributed by atoms with van der Waals surface area (Å²) in [6.45, 7) is 4.13. The van der Waals surface area contributed by atoms with E-state index in [0.29, 0.717) is 11.6 Å². The van der Waals surface area contributed by atoms with Crippen LogP contribution in [0.15, 0.2) is 33.5 Å². The Morgan fingerprint density at radius 3 is 2.52 bits per heavy atom. The molecule has 0 amide bonds. The van der Waals surface area contributed by atoms with Gasteiger partial charge in [-0.2, -0.15) is 0 Å². The monoisotopic (exact) mass is 343 g/mol. The zero-order valence-corrected chi connectivity index (χ0v) is 15.0. The van der Waals surface area contributed by atoms with Crippen LogP contribution in [0, 0.1) is 0 Å². The second-order valence-corrected chi connectivity index (χ2v) is 7.60. The number of para-hydroxylation sites is 2. The molecule has 0 spiro atoms. The molecule has 4 rings (SSSR count). The molecular formula is C20H29N3O2. The highest BCUT2D eigenvalue weighted by Crippen LogP contribution is 2.20. The van der Waals surface area contributed by atoms with Crippen LogP contribution in [0.2, 0.25) is 0 Å². The molecule has 0 unspecified atom stereocenters. The zero-order valence-electron chi connectivity index (χ0n) is 15.0. The van der Waals surface area contributed by atoms with Crippen LogP contribution in [0.25, 0.3) is 11.1 Å². The van der Waals surface area contributed by atoms with Gasteiger partial charge in [-0.05, 0) is 63.9 Å². The Balaban J connectivity index is 1.23. The lowest BCUT2D eigenvalue weighted by molar-refractivity contribution is 0.186. The van der Waals surface area contributed by atoms with Gasteiger partial charge in [0.2, 0.25) is 0 Å². The minimum absolute atomic E-state index is 0.235. The van der Waals surface area contributed by atoms with Gasteiger partial charge in [-0.15, -0.1) is 0 Å². The number of rotatable bonds is 6. The number of aromatic nitrogens is 1. The van der Waals surface area contributed by atoms with Crippen molar-refractivity contribution in [1.82, 2.24) is 14.8 Å². The molecule has 1 N–H and O–H groups in total. The first-order valence-electron chi connectivity index (χ1n) is 9.86. The van der Waals surface area contributed by atoms with Crippen molar-refractivity contribution in [1.29, 1.82) is 0 Å². The van der Waals surface area contributed by atoms with E-state index in [-0.39, 0.29) is 5.76 Å². The van der Waals surface area contributed by atoms with Gasteiger partial charge in [-0.1, -0.05) is 25.0 Å². The fourth-order valence-corrected chi connectivity index (χ4v) is 4.43. The van der Waals surface area contributed by atoms with Crippen molar-refractivity contribution in [3.8, 4) is 0 Å². The van der Waals surface area contributed by atoms with Gasteiger partial charge in [0.05, 0.1) is 5.52 Å². The van der Waals surface area contributed by atoms with E-state index in [0.717, 1.165) is 31.1 Å². The predicted octanol–water partition coefficient (Wildman–Crippen LogP) is 2.98. The normalized spacial score (nSPS) is 20.6. The number of nitrogens with one attached hydrogen (secondary N) is 1. The average molecular weight is 343 g/mol. The third-order valence-corrected chi connectivity index (χ3v) is 5.84. The second-order valence-electron chi connectivity index (χ2n) is 7.60. The number of benzene rings is 1. The quantitative estimate of drug-likeness (QED) is 0.876. The molecule has 1 aromatic carbocycles. The first kappa shape index (κ1) is 16.9. The highest BCUT2D eigenvalue weighted by molar-refractivity contribution is 5.72. The van der Waals surface area contributed by atoms with Gasteiger partial charge in [0, 0.05) is 18.6 Å². The van der Waals surface area contributed by atoms with Crippen LogP contribution < -0.4 is 11.1 Å². The Bertz CT molecular complexity index is 737. The Morgan fingerprint density at radius 1 is 1.00 bits per heavy atom. The largest absolute Gasteiger partial charge is 0.419 e. The minimum Gasteiger partial charge on any atom is -0.408 e. The Hall–Kier alpha value is -1.59. The summed E-state index contributed by atoms with van der Waals surface area (Å²) in [6.07, 6.45) is 9.04. The predicted molar refractivity (Wildman–Crippen MR) is 99.9 cm³/mol. The highest BCUT2D eigenvalue weighted by Gasteiger charge is 2.23. The summed E-state index contributed by atoms with van der Waals surface area (Å²) >= 11 is 0. The molecule has 1 aromatic heterocycles. The fraction of sp³-hybridized carbons (Fsp3) is 0.650. The van der Waals surface area contributed by atoms with Crippen LogP contribution in [-0.2, 0) is 6.54 Å². The summed E-state index contributed by atoms with van der Waals surface area (Å²) in [5.41, 5.74) is 1.60. The van der Waals surface area contributed by atoms with E-state index in [1.54, 1.807) is 4.57 Å². The van der Waals surface area contributed by atoms with Gasteiger partial charge in [0.25, 0.3) is 0 Å². The molecule has 1 aliphatic carbocycles. The molecule has 136 valence electrons. The molecule has 1 aliphatic heterocycles. The molecule has 1 saturated carbocycles. The number of likely N-dealkylation sites (tertiary alicyclic amines) is 1. The topological polar surface area (TPSA) is 50.4 Å². The van der Waals surface area contributed by atoms with Gasteiger partial charge in [-0.3, -0.25) is 4.57 Å². The first-order valence-corrected chi connectivity index (χ1v) is 9.86. The lowest BCUT2D eigenvalue weighted by atomic mass is 10.0. The van der Waals surface area contributed by atoms with Crippen LogP contribution in [-0.4, -0.2) is 41.2 Å². The van der Waals surface area contributed by atoms with Crippen LogP contribution in [0.5, 0.6) is 0 Å². The van der Waals surface area contributed by atoms with Gasteiger partial charge >= 0.3 is 5.76 Å². The second kappa shape index (κ2) is 7.75. The highest BCUT2D eigenvalue weighted by atomic mass is 16.4. The van der Waals surface area contributed by atoms with E-state index in [4.69, 9.17) is 4.42 Å². The van der Waals surface area contributed by atoms with Crippen LogP contribution in [0.4, 0.5) is 0 Å². The standard InChI is InChI=1S/C20H29N3O2/c24-20-23(18-8-3-4-9-19(18)25-20)13-5-12-22-14-10-17(11-15-22)21-16-6-1-2-7-16/h3-4,8-9,16-17,21H,1-2,5-7,10-15H2. The summed E-state index contributed by atoms with van der Waals surface area (Å²) in [6, 6.07) is 9.16. The molecule has 2 aromatic rings. The summed E-state index contributed by atoms with van der Waals surface area (Å²) in [4.78, 5) is 14.5. The smallest absolute Gasteiger partial charge is 0.408 e. The van der Waals surface area contributed by atoms with E-state index in [1.165, 1.54) is 51.6 Å². The summed E-state index contributed by atoms with van der Waals surface area (Å²) in [5.74, 6) is -0.235. The molecule has 2 heterocycles. The molecule has 25 heavy (non-hydrogen) atoms. The number of fused-ring (bicyclic) bond motifs is 1. The van der Waals surface area contributed by atoms with Crippen molar-refractivity contribution in [2.75, 3.05) is 19.6 Å². The first-order chi connectivity index (χ1) is 12.3. The van der Waals surface area contributed by atoms with Crippen molar-refractivity contribution >= 4 is 11.1 Å². The minimum atomic E-state index is -0.235. The molecule has 1 saturated heterocycles. The molecule has 0 bridgehead atoms. The van der Waals surface area contributed by atoms with Gasteiger partial charge in [0.1, 0.15) is 0 Å². The third kappa shape index (κ3) is 3.98. The number of oxazole rings is 1. The number of piperidine rings is 1. The van der Waals surface area contributed by atoms with E-state index in [1.807, 2.05) is 24.3 Å². The lowest BCUT2D eigenvalue weighted by Crippen LogP contribution is -2.45. The van der Waals surface area contributed by atoms with Crippen LogP contribution >= 0.6 is 0 Å². The zero-order chi connectivity index (χ0) is 17.1.